The highest BCUT2D eigenvalue weighted by molar-refractivity contribution is 6.76. The molecule has 0 bridgehead atoms. The quantitative estimate of drug-likeness (QED) is 0.472. The van der Waals surface area contributed by atoms with Crippen molar-refractivity contribution >= 4 is 27.5 Å². The summed E-state index contributed by atoms with van der Waals surface area (Å²) in [7, 11) is 6.48. The van der Waals surface area contributed by atoms with Gasteiger partial charge in [-0.05, 0) is 30.5 Å². The summed E-state index contributed by atoms with van der Waals surface area (Å²) in [4.78, 5) is 13.7. The van der Waals surface area contributed by atoms with Gasteiger partial charge >= 0.3 is 6.09 Å². The molecule has 0 aliphatic rings. The van der Waals surface area contributed by atoms with Crippen LogP contribution in [0.15, 0.2) is 18.2 Å². The fourth-order valence-corrected chi connectivity index (χ4v) is 2.91. The smallest absolute Gasteiger partial charge is 0.409 e. The number of rotatable bonds is 10. The molecule has 0 saturated heterocycles. The molecular weight excluding hydrogens is 329 g/mol. The third-order valence-corrected chi connectivity index (χ3v) is 5.65. The minimum atomic E-state index is -1.19. The van der Waals surface area contributed by atoms with E-state index in [1.807, 2.05) is 18.2 Å². The number of hydrogen-bond donors (Lipinski definition) is 0. The number of unbranched alkanes of at least 4 members (excludes halogenated alkanes) is 1. The van der Waals surface area contributed by atoms with E-state index in [2.05, 4.69) is 26.6 Å². The van der Waals surface area contributed by atoms with Crippen molar-refractivity contribution in [1.29, 1.82) is 0 Å². The molecule has 0 aliphatic heterocycles. The second-order valence-electron chi connectivity index (χ2n) is 7.67. The van der Waals surface area contributed by atoms with E-state index >= 15 is 0 Å². The number of benzene rings is 1. The molecular formula is C19H32BNO3Si. The second kappa shape index (κ2) is 10.5. The summed E-state index contributed by atoms with van der Waals surface area (Å²) in [5.41, 5.74) is 1.73. The summed E-state index contributed by atoms with van der Waals surface area (Å²) in [5.74, 6) is 0.850. The Balaban J connectivity index is 2.52. The van der Waals surface area contributed by atoms with Crippen LogP contribution >= 0.6 is 0 Å². The van der Waals surface area contributed by atoms with Crippen molar-refractivity contribution in [2.45, 2.75) is 51.9 Å². The normalized spacial score (nSPS) is 11.2. The Kier molecular flexibility index (Phi) is 9.11. The molecule has 1 aromatic rings. The van der Waals surface area contributed by atoms with Gasteiger partial charge in [0.2, 0.25) is 0 Å². The van der Waals surface area contributed by atoms with Crippen molar-refractivity contribution in [3.05, 3.63) is 23.8 Å². The molecule has 0 spiro atoms. The van der Waals surface area contributed by atoms with Gasteiger partial charge in [-0.15, -0.1) is 0 Å². The second-order valence-corrected chi connectivity index (χ2v) is 13.3. The maximum atomic E-state index is 12.1. The SMILES string of the molecule is [B]c1ccc(OCCCC)c(CCN(C)C(=O)OCC[Si](C)(C)C)c1. The van der Waals surface area contributed by atoms with Crippen LogP contribution < -0.4 is 10.2 Å². The van der Waals surface area contributed by atoms with Gasteiger partial charge in [-0.3, -0.25) is 0 Å². The molecule has 25 heavy (non-hydrogen) atoms. The van der Waals surface area contributed by atoms with E-state index in [4.69, 9.17) is 17.3 Å². The van der Waals surface area contributed by atoms with E-state index in [0.717, 1.165) is 30.2 Å². The average Bonchev–Trinajstić information content (AvgIpc) is 2.53. The van der Waals surface area contributed by atoms with Gasteiger partial charge < -0.3 is 14.4 Å². The van der Waals surface area contributed by atoms with Crippen molar-refractivity contribution in [2.75, 3.05) is 26.8 Å². The molecule has 4 nitrogen and oxygen atoms in total. The molecule has 2 radical (unpaired) electrons. The number of likely N-dealkylation sites (N-methyl/N-ethyl adjacent to an activating group) is 1. The van der Waals surface area contributed by atoms with Gasteiger partial charge in [0.15, 0.2) is 0 Å². The fraction of sp³-hybridized carbons (Fsp3) is 0.632. The van der Waals surface area contributed by atoms with Crippen LogP contribution in [0.2, 0.25) is 25.7 Å². The first kappa shape index (κ1) is 21.6. The highest BCUT2D eigenvalue weighted by atomic mass is 28.3. The molecule has 1 rings (SSSR count). The number of nitrogens with zero attached hydrogens (tertiary/aromatic N) is 1. The van der Waals surface area contributed by atoms with Crippen LogP contribution in [-0.2, 0) is 11.2 Å². The molecule has 138 valence electrons. The molecule has 1 amide bonds. The lowest BCUT2D eigenvalue weighted by molar-refractivity contribution is 0.116. The van der Waals surface area contributed by atoms with Gasteiger partial charge in [-0.2, -0.15) is 0 Å². The highest BCUT2D eigenvalue weighted by Crippen LogP contribution is 2.18. The Morgan fingerprint density at radius 2 is 1.96 bits per heavy atom. The van der Waals surface area contributed by atoms with E-state index in [-0.39, 0.29) is 6.09 Å². The van der Waals surface area contributed by atoms with Crippen LogP contribution in [0.3, 0.4) is 0 Å². The number of carbonyl (C=O) groups is 1. The van der Waals surface area contributed by atoms with Gasteiger partial charge in [-0.25, -0.2) is 4.79 Å². The lowest BCUT2D eigenvalue weighted by atomic mass is 9.93. The Morgan fingerprint density at radius 1 is 1.24 bits per heavy atom. The summed E-state index contributed by atoms with van der Waals surface area (Å²) in [5, 5.41) is 0. The fourth-order valence-electron chi connectivity index (χ4n) is 2.20. The molecule has 1 aromatic carbocycles. The molecule has 0 aliphatic carbocycles. The maximum Gasteiger partial charge on any atom is 0.409 e. The largest absolute Gasteiger partial charge is 0.493 e. The van der Waals surface area contributed by atoms with Crippen LogP contribution in [0.1, 0.15) is 25.3 Å². The molecule has 0 unspecified atom stereocenters. The van der Waals surface area contributed by atoms with Crippen molar-refractivity contribution in [1.82, 2.24) is 4.90 Å². The lowest BCUT2D eigenvalue weighted by Crippen LogP contribution is -2.31. The first-order valence-corrected chi connectivity index (χ1v) is 12.8. The minimum absolute atomic E-state index is 0.268. The molecule has 0 saturated carbocycles. The van der Waals surface area contributed by atoms with Crippen molar-refractivity contribution in [2.24, 2.45) is 0 Å². The molecule has 0 heterocycles. The Hall–Kier alpha value is -1.43. The van der Waals surface area contributed by atoms with E-state index in [1.165, 1.54) is 0 Å². The number of amides is 1. The van der Waals surface area contributed by atoms with Gasteiger partial charge in [0, 0.05) is 21.7 Å². The summed E-state index contributed by atoms with van der Waals surface area (Å²) in [6, 6.07) is 6.66. The first-order chi connectivity index (χ1) is 11.7. The predicted octanol–water partition coefficient (Wildman–Crippen LogP) is 3.61. The number of ether oxygens (including phenoxy) is 2. The monoisotopic (exact) mass is 361 g/mol. The van der Waals surface area contributed by atoms with E-state index in [1.54, 1.807) is 11.9 Å². The summed E-state index contributed by atoms with van der Waals surface area (Å²) in [6.07, 6.45) is 2.53. The highest BCUT2D eigenvalue weighted by Gasteiger charge is 2.16. The van der Waals surface area contributed by atoms with Crippen LogP contribution in [0.5, 0.6) is 5.75 Å². The standard InChI is InChI=1S/C19H32BNO3Si/c1-6-7-12-23-18-9-8-17(20)15-16(18)10-11-21(2)19(22)24-13-14-25(3,4)5/h8-9,15H,6-7,10-14H2,1-5H3. The minimum Gasteiger partial charge on any atom is -0.493 e. The molecule has 0 N–H and O–H groups in total. The van der Waals surface area contributed by atoms with E-state index in [0.29, 0.717) is 31.6 Å². The Bertz CT molecular complexity index is 546. The van der Waals surface area contributed by atoms with Gasteiger partial charge in [0.05, 0.1) is 13.2 Å². The maximum absolute atomic E-state index is 12.1. The zero-order chi connectivity index (χ0) is 18.9. The summed E-state index contributed by atoms with van der Waals surface area (Å²) in [6.45, 7) is 10.7. The third-order valence-electron chi connectivity index (χ3n) is 3.95. The van der Waals surface area contributed by atoms with Crippen molar-refractivity contribution < 1.29 is 14.3 Å². The average molecular weight is 361 g/mol. The van der Waals surface area contributed by atoms with E-state index in [9.17, 15) is 4.79 Å². The topological polar surface area (TPSA) is 38.8 Å². The predicted molar refractivity (Wildman–Crippen MR) is 108 cm³/mol. The summed E-state index contributed by atoms with van der Waals surface area (Å²) < 4.78 is 11.2. The molecule has 6 heteroatoms. The number of carbonyl (C=O) groups excluding carboxylic acids is 1. The van der Waals surface area contributed by atoms with Crippen LogP contribution in [0, 0.1) is 0 Å². The van der Waals surface area contributed by atoms with Crippen molar-refractivity contribution in [3.8, 4) is 5.75 Å². The van der Waals surface area contributed by atoms with Gasteiger partial charge in [0.1, 0.15) is 13.6 Å². The van der Waals surface area contributed by atoms with Crippen molar-refractivity contribution in [3.63, 3.8) is 0 Å². The first-order valence-electron chi connectivity index (χ1n) is 9.12. The van der Waals surface area contributed by atoms with Crippen LogP contribution in [-0.4, -0.2) is 53.7 Å². The Labute approximate surface area is 155 Å². The van der Waals surface area contributed by atoms with E-state index < -0.39 is 8.07 Å². The Morgan fingerprint density at radius 3 is 2.60 bits per heavy atom. The zero-order valence-corrected chi connectivity index (χ0v) is 17.4. The van der Waals surface area contributed by atoms with Gasteiger partial charge in [0.25, 0.3) is 0 Å². The summed E-state index contributed by atoms with van der Waals surface area (Å²) >= 11 is 0. The number of hydrogen-bond acceptors (Lipinski definition) is 3. The molecule has 0 atom stereocenters. The van der Waals surface area contributed by atoms with Gasteiger partial charge in [-0.1, -0.05) is 50.6 Å². The molecule has 0 fully saturated rings. The third kappa shape index (κ3) is 9.00. The zero-order valence-electron chi connectivity index (χ0n) is 16.4. The van der Waals surface area contributed by atoms with Crippen LogP contribution in [0.25, 0.3) is 0 Å². The van der Waals surface area contributed by atoms with Crippen LogP contribution in [0.4, 0.5) is 4.79 Å². The molecule has 0 aromatic heterocycles. The lowest BCUT2D eigenvalue weighted by Gasteiger charge is -2.20.